The molecule has 1 rings (SSSR count). The number of rotatable bonds is 6. The molecule has 1 aliphatic carbocycles. The normalized spacial score (nSPS) is 28.9. The van der Waals surface area contributed by atoms with Gasteiger partial charge in [0.1, 0.15) is 0 Å². The number of carbonyl (C=O) groups excluding carboxylic acids is 1. The Morgan fingerprint density at radius 2 is 2.11 bits per heavy atom. The highest BCUT2D eigenvalue weighted by Gasteiger charge is 2.41. The molecule has 2 atom stereocenters. The molecule has 0 heterocycles. The molecule has 0 aliphatic heterocycles. The first kappa shape index (κ1) is 15.4. The number of primary amides is 1. The lowest BCUT2D eigenvalue weighted by Gasteiger charge is -2.44. The SMILES string of the molecule is CCC(CC)N(C)C1CCCC(NC)(C(N)=O)C1. The quantitative estimate of drug-likeness (QED) is 0.756. The lowest BCUT2D eigenvalue weighted by molar-refractivity contribution is -0.126. The highest BCUT2D eigenvalue weighted by molar-refractivity contribution is 5.84. The van der Waals surface area contributed by atoms with E-state index in [2.05, 4.69) is 31.1 Å². The molecule has 4 heteroatoms. The molecule has 0 bridgehead atoms. The van der Waals surface area contributed by atoms with Gasteiger partial charge in [0.25, 0.3) is 0 Å². The Hall–Kier alpha value is -0.610. The van der Waals surface area contributed by atoms with Gasteiger partial charge in [0.2, 0.25) is 5.91 Å². The van der Waals surface area contributed by atoms with Crippen LogP contribution >= 0.6 is 0 Å². The van der Waals surface area contributed by atoms with Crippen molar-refractivity contribution in [2.24, 2.45) is 5.73 Å². The van der Waals surface area contributed by atoms with Crippen molar-refractivity contribution < 1.29 is 4.79 Å². The van der Waals surface area contributed by atoms with E-state index < -0.39 is 5.54 Å². The summed E-state index contributed by atoms with van der Waals surface area (Å²) in [6.07, 6.45) is 6.26. The van der Waals surface area contributed by atoms with Crippen LogP contribution in [0.5, 0.6) is 0 Å². The van der Waals surface area contributed by atoms with Gasteiger partial charge in [0.15, 0.2) is 0 Å². The minimum Gasteiger partial charge on any atom is -0.368 e. The zero-order valence-electron chi connectivity index (χ0n) is 12.3. The molecular weight excluding hydrogens is 226 g/mol. The second kappa shape index (κ2) is 6.53. The molecule has 1 amide bonds. The lowest BCUT2D eigenvalue weighted by Crippen LogP contribution is -2.60. The van der Waals surface area contributed by atoms with E-state index in [4.69, 9.17) is 5.73 Å². The van der Waals surface area contributed by atoms with Crippen molar-refractivity contribution >= 4 is 5.91 Å². The average Bonchev–Trinajstić information content (AvgIpc) is 2.39. The molecule has 0 aromatic carbocycles. The second-order valence-corrected chi connectivity index (χ2v) is 5.58. The molecule has 1 saturated carbocycles. The zero-order valence-corrected chi connectivity index (χ0v) is 12.3. The minimum absolute atomic E-state index is 0.201. The summed E-state index contributed by atoms with van der Waals surface area (Å²) in [5.41, 5.74) is 5.10. The van der Waals surface area contributed by atoms with E-state index in [1.807, 2.05) is 7.05 Å². The first-order valence-corrected chi connectivity index (χ1v) is 7.21. The van der Waals surface area contributed by atoms with Crippen LogP contribution in [0.4, 0.5) is 0 Å². The maximum Gasteiger partial charge on any atom is 0.237 e. The van der Waals surface area contributed by atoms with Crippen LogP contribution < -0.4 is 11.1 Å². The van der Waals surface area contributed by atoms with Gasteiger partial charge >= 0.3 is 0 Å². The van der Waals surface area contributed by atoms with Crippen LogP contribution in [0, 0.1) is 0 Å². The topological polar surface area (TPSA) is 58.4 Å². The third kappa shape index (κ3) is 3.04. The predicted molar refractivity (Wildman–Crippen MR) is 75.4 cm³/mol. The molecule has 0 saturated heterocycles. The fraction of sp³-hybridized carbons (Fsp3) is 0.929. The highest BCUT2D eigenvalue weighted by Crippen LogP contribution is 2.32. The molecule has 0 aromatic heterocycles. The van der Waals surface area contributed by atoms with Crippen LogP contribution in [0.15, 0.2) is 0 Å². The summed E-state index contributed by atoms with van der Waals surface area (Å²) in [5.74, 6) is -0.201. The molecule has 2 unspecified atom stereocenters. The first-order chi connectivity index (χ1) is 8.50. The van der Waals surface area contributed by atoms with Crippen LogP contribution in [-0.2, 0) is 4.79 Å². The maximum absolute atomic E-state index is 11.7. The summed E-state index contributed by atoms with van der Waals surface area (Å²) in [6.45, 7) is 4.46. The van der Waals surface area contributed by atoms with Crippen LogP contribution in [0.25, 0.3) is 0 Å². The number of hydrogen-bond acceptors (Lipinski definition) is 3. The Labute approximate surface area is 111 Å². The summed E-state index contributed by atoms with van der Waals surface area (Å²) in [4.78, 5) is 14.2. The molecule has 1 fully saturated rings. The van der Waals surface area contributed by atoms with Gasteiger partial charge in [0.05, 0.1) is 5.54 Å². The van der Waals surface area contributed by atoms with E-state index in [0.717, 1.165) is 32.1 Å². The third-order valence-corrected chi connectivity index (χ3v) is 4.77. The molecule has 106 valence electrons. The van der Waals surface area contributed by atoms with Gasteiger partial charge in [-0.15, -0.1) is 0 Å². The molecule has 4 nitrogen and oxygen atoms in total. The standard InChI is InChI=1S/C14H29N3O/c1-5-11(6-2)17(4)12-8-7-9-14(10-12,16-3)13(15)18/h11-12,16H,5-10H2,1-4H3,(H2,15,18). The fourth-order valence-corrected chi connectivity index (χ4v) is 3.33. The Morgan fingerprint density at radius 1 is 1.50 bits per heavy atom. The number of amides is 1. The number of nitrogens with zero attached hydrogens (tertiary/aromatic N) is 1. The maximum atomic E-state index is 11.7. The number of nitrogens with two attached hydrogens (primary N) is 1. The molecule has 0 radical (unpaired) electrons. The summed E-state index contributed by atoms with van der Waals surface area (Å²) < 4.78 is 0. The van der Waals surface area contributed by atoms with E-state index in [0.29, 0.717) is 12.1 Å². The van der Waals surface area contributed by atoms with Crippen LogP contribution in [0.1, 0.15) is 52.4 Å². The van der Waals surface area contributed by atoms with Gasteiger partial charge in [-0.2, -0.15) is 0 Å². The van der Waals surface area contributed by atoms with Gasteiger partial charge in [-0.1, -0.05) is 13.8 Å². The van der Waals surface area contributed by atoms with Crippen molar-refractivity contribution in [1.82, 2.24) is 10.2 Å². The largest absolute Gasteiger partial charge is 0.368 e. The third-order valence-electron chi connectivity index (χ3n) is 4.77. The van der Waals surface area contributed by atoms with Crippen molar-refractivity contribution in [2.45, 2.75) is 70.0 Å². The smallest absolute Gasteiger partial charge is 0.237 e. The summed E-state index contributed by atoms with van der Waals surface area (Å²) in [6, 6.07) is 1.07. The van der Waals surface area contributed by atoms with Crippen molar-refractivity contribution in [3.8, 4) is 0 Å². The fourth-order valence-electron chi connectivity index (χ4n) is 3.33. The number of hydrogen-bond donors (Lipinski definition) is 2. The minimum atomic E-state index is -0.497. The van der Waals surface area contributed by atoms with Crippen molar-refractivity contribution in [3.63, 3.8) is 0 Å². The Balaban J connectivity index is 2.76. The van der Waals surface area contributed by atoms with E-state index >= 15 is 0 Å². The van der Waals surface area contributed by atoms with Crippen LogP contribution in [0.3, 0.4) is 0 Å². The van der Waals surface area contributed by atoms with E-state index in [1.54, 1.807) is 0 Å². The molecule has 18 heavy (non-hydrogen) atoms. The van der Waals surface area contributed by atoms with E-state index in [9.17, 15) is 4.79 Å². The van der Waals surface area contributed by atoms with Gasteiger partial charge in [-0.05, 0) is 52.6 Å². The summed E-state index contributed by atoms with van der Waals surface area (Å²) in [5, 5.41) is 3.18. The lowest BCUT2D eigenvalue weighted by atomic mass is 9.77. The number of carbonyl (C=O) groups is 1. The molecular formula is C14H29N3O. The summed E-state index contributed by atoms with van der Waals surface area (Å²) in [7, 11) is 4.04. The second-order valence-electron chi connectivity index (χ2n) is 5.58. The van der Waals surface area contributed by atoms with Gasteiger partial charge in [0, 0.05) is 12.1 Å². The Kier molecular flexibility index (Phi) is 5.60. The average molecular weight is 255 g/mol. The first-order valence-electron chi connectivity index (χ1n) is 7.21. The van der Waals surface area contributed by atoms with E-state index in [-0.39, 0.29) is 5.91 Å². The zero-order chi connectivity index (χ0) is 13.8. The number of likely N-dealkylation sites (N-methyl/N-ethyl adjacent to an activating group) is 1. The Bertz CT molecular complexity index is 278. The Morgan fingerprint density at radius 3 is 2.56 bits per heavy atom. The van der Waals surface area contributed by atoms with E-state index in [1.165, 1.54) is 6.42 Å². The number of nitrogens with one attached hydrogen (secondary N) is 1. The molecule has 1 aliphatic rings. The van der Waals surface area contributed by atoms with Crippen molar-refractivity contribution in [1.29, 1.82) is 0 Å². The highest BCUT2D eigenvalue weighted by atomic mass is 16.1. The van der Waals surface area contributed by atoms with Gasteiger partial charge < -0.3 is 16.0 Å². The van der Waals surface area contributed by atoms with Crippen LogP contribution in [0.2, 0.25) is 0 Å². The molecule has 3 N–H and O–H groups in total. The molecule has 0 aromatic rings. The van der Waals surface area contributed by atoms with Gasteiger partial charge in [-0.25, -0.2) is 0 Å². The van der Waals surface area contributed by atoms with Crippen molar-refractivity contribution in [3.05, 3.63) is 0 Å². The van der Waals surface area contributed by atoms with Gasteiger partial charge in [-0.3, -0.25) is 4.79 Å². The van der Waals surface area contributed by atoms with Crippen LogP contribution in [-0.4, -0.2) is 42.5 Å². The predicted octanol–water partition coefficient (Wildman–Crippen LogP) is 1.49. The van der Waals surface area contributed by atoms with Crippen molar-refractivity contribution in [2.75, 3.05) is 14.1 Å². The summed E-state index contributed by atoms with van der Waals surface area (Å²) >= 11 is 0. The molecule has 0 spiro atoms. The monoisotopic (exact) mass is 255 g/mol.